The highest BCUT2D eigenvalue weighted by molar-refractivity contribution is 5.97. The third-order valence-corrected chi connectivity index (χ3v) is 3.89. The number of hydrogen-bond acceptors (Lipinski definition) is 6. The van der Waals surface area contributed by atoms with Crippen molar-refractivity contribution in [3.8, 4) is 5.75 Å². The number of Topliss-reactive ketones (excluding diaryl/α,β-unsaturated/α-hetero) is 1. The molecular weight excluding hydrogens is 376 g/mol. The Morgan fingerprint density at radius 2 is 1.62 bits per heavy atom. The number of carbonyl (C=O) groups excluding carboxylic acids is 4. The molecule has 0 aromatic heterocycles. The number of hydrogen-bond donors (Lipinski definition) is 2. The highest BCUT2D eigenvalue weighted by Crippen LogP contribution is 2.19. The van der Waals surface area contributed by atoms with Gasteiger partial charge >= 0.3 is 12.0 Å². The number of amides is 3. The largest absolute Gasteiger partial charge is 0.493 e. The molecule has 2 aromatic rings. The molecule has 0 heterocycles. The number of carbonyl (C=O) groups is 4. The molecule has 0 spiro atoms. The van der Waals surface area contributed by atoms with Gasteiger partial charge in [-0.1, -0.05) is 30.3 Å². The molecule has 8 heteroatoms. The average molecular weight is 398 g/mol. The molecule has 0 bridgehead atoms. The second-order valence-electron chi connectivity index (χ2n) is 6.03. The Morgan fingerprint density at radius 3 is 2.21 bits per heavy atom. The number of imide groups is 1. The Balaban J connectivity index is 1.94. The van der Waals surface area contributed by atoms with E-state index in [1.165, 1.54) is 14.0 Å². The van der Waals surface area contributed by atoms with Crippen LogP contribution in [-0.4, -0.2) is 37.3 Å². The highest BCUT2D eigenvalue weighted by Gasteiger charge is 2.26. The van der Waals surface area contributed by atoms with Gasteiger partial charge in [-0.25, -0.2) is 4.79 Å². The first-order valence-corrected chi connectivity index (χ1v) is 8.91. The molecule has 2 N–H and O–H groups in total. The molecule has 0 radical (unpaired) electrons. The van der Waals surface area contributed by atoms with Crippen LogP contribution in [-0.2, 0) is 14.3 Å². The second-order valence-corrected chi connectivity index (χ2v) is 6.03. The summed E-state index contributed by atoms with van der Waals surface area (Å²) in [4.78, 5) is 47.2. The zero-order valence-electron chi connectivity index (χ0n) is 16.1. The monoisotopic (exact) mass is 398 g/mol. The van der Waals surface area contributed by atoms with Crippen molar-refractivity contribution >= 4 is 23.7 Å². The summed E-state index contributed by atoms with van der Waals surface area (Å²) in [5, 5.41) is 4.37. The first-order chi connectivity index (χ1) is 13.9. The van der Waals surface area contributed by atoms with Crippen molar-refractivity contribution in [3.63, 3.8) is 0 Å². The summed E-state index contributed by atoms with van der Waals surface area (Å²) in [5.41, 5.74) is 0.993. The third-order valence-electron chi connectivity index (χ3n) is 3.89. The van der Waals surface area contributed by atoms with E-state index in [2.05, 4.69) is 10.6 Å². The Hall–Kier alpha value is -3.68. The Morgan fingerprint density at radius 1 is 0.966 bits per heavy atom. The van der Waals surface area contributed by atoms with Crippen LogP contribution in [0, 0.1) is 0 Å². The maximum absolute atomic E-state index is 12.3. The molecule has 0 fully saturated rings. The number of rotatable bonds is 8. The van der Waals surface area contributed by atoms with Gasteiger partial charge in [-0.15, -0.1) is 0 Å². The smallest absolute Gasteiger partial charge is 0.321 e. The quantitative estimate of drug-likeness (QED) is 0.522. The fraction of sp³-hybridized carbons (Fsp3) is 0.238. The maximum atomic E-state index is 12.3. The molecule has 1 atom stereocenters. The van der Waals surface area contributed by atoms with Gasteiger partial charge in [0.2, 0.25) is 6.10 Å². The van der Waals surface area contributed by atoms with Gasteiger partial charge in [0.25, 0.3) is 5.91 Å². The van der Waals surface area contributed by atoms with Gasteiger partial charge in [0.05, 0.1) is 13.0 Å². The first-order valence-electron chi connectivity index (χ1n) is 8.91. The standard InChI is InChI=1S/C21H22N2O6/c1-14(24)15-8-10-17(11-9-15)28-13-12-18(25)29-19(16-6-4-3-5-7-16)20(26)23-21(27)22-2/h3-11,19H,12-13H2,1-2H3,(H2,22,23,26,27). The average Bonchev–Trinajstić information content (AvgIpc) is 2.72. The molecular formula is C21H22N2O6. The van der Waals surface area contributed by atoms with E-state index in [1.807, 2.05) is 0 Å². The molecule has 152 valence electrons. The lowest BCUT2D eigenvalue weighted by atomic mass is 10.1. The SMILES string of the molecule is CNC(=O)NC(=O)C(OC(=O)CCOc1ccc(C(C)=O)cc1)c1ccccc1. The minimum Gasteiger partial charge on any atom is -0.493 e. The fourth-order valence-electron chi connectivity index (χ4n) is 2.37. The zero-order chi connectivity index (χ0) is 21.2. The molecule has 2 rings (SSSR count). The van der Waals surface area contributed by atoms with Crippen molar-refractivity contribution < 1.29 is 28.7 Å². The molecule has 2 aromatic carbocycles. The Bertz CT molecular complexity index is 864. The van der Waals surface area contributed by atoms with Crippen LogP contribution in [0.4, 0.5) is 4.79 Å². The highest BCUT2D eigenvalue weighted by atomic mass is 16.6. The van der Waals surface area contributed by atoms with Crippen molar-refractivity contribution in [2.24, 2.45) is 0 Å². The lowest BCUT2D eigenvalue weighted by molar-refractivity contribution is -0.156. The van der Waals surface area contributed by atoms with E-state index >= 15 is 0 Å². The molecule has 0 saturated heterocycles. The number of benzene rings is 2. The van der Waals surface area contributed by atoms with Gasteiger partial charge in [-0.05, 0) is 31.2 Å². The van der Waals surface area contributed by atoms with Gasteiger partial charge < -0.3 is 14.8 Å². The molecule has 3 amide bonds. The second kappa shape index (κ2) is 10.6. The van der Waals surface area contributed by atoms with Crippen molar-refractivity contribution in [1.29, 1.82) is 0 Å². The van der Waals surface area contributed by atoms with Crippen LogP contribution in [0.1, 0.15) is 35.4 Å². The van der Waals surface area contributed by atoms with Gasteiger partial charge in [-0.3, -0.25) is 19.7 Å². The summed E-state index contributed by atoms with van der Waals surface area (Å²) in [5.74, 6) is -0.974. The first kappa shape index (κ1) is 21.6. The van der Waals surface area contributed by atoms with E-state index in [-0.39, 0.29) is 18.8 Å². The molecule has 29 heavy (non-hydrogen) atoms. The van der Waals surface area contributed by atoms with Gasteiger partial charge in [0, 0.05) is 18.2 Å². The molecule has 1 unspecified atom stereocenters. The zero-order valence-corrected chi connectivity index (χ0v) is 16.1. The maximum Gasteiger partial charge on any atom is 0.321 e. The topological polar surface area (TPSA) is 111 Å². The van der Waals surface area contributed by atoms with Crippen LogP contribution in [0.25, 0.3) is 0 Å². The van der Waals surface area contributed by atoms with Crippen LogP contribution in [0.3, 0.4) is 0 Å². The van der Waals surface area contributed by atoms with E-state index in [0.29, 0.717) is 16.9 Å². The summed E-state index contributed by atoms with van der Waals surface area (Å²) in [6.07, 6.45) is -1.37. The van der Waals surface area contributed by atoms with Crippen molar-refractivity contribution in [3.05, 3.63) is 65.7 Å². The molecule has 0 saturated carbocycles. The van der Waals surface area contributed by atoms with Gasteiger partial charge in [-0.2, -0.15) is 0 Å². The van der Waals surface area contributed by atoms with E-state index in [9.17, 15) is 19.2 Å². The number of nitrogens with one attached hydrogen (secondary N) is 2. The predicted molar refractivity (Wildman–Crippen MR) is 104 cm³/mol. The lowest BCUT2D eigenvalue weighted by Gasteiger charge is -2.17. The van der Waals surface area contributed by atoms with E-state index < -0.39 is 24.0 Å². The van der Waals surface area contributed by atoms with Gasteiger partial charge in [0.15, 0.2) is 5.78 Å². The number of esters is 1. The Labute approximate surface area is 168 Å². The van der Waals surface area contributed by atoms with Crippen molar-refractivity contribution in [2.45, 2.75) is 19.4 Å². The normalized spacial score (nSPS) is 11.1. The van der Waals surface area contributed by atoms with Crippen LogP contribution >= 0.6 is 0 Å². The summed E-state index contributed by atoms with van der Waals surface area (Å²) in [7, 11) is 1.37. The minimum absolute atomic E-state index is 0.0246. The molecule has 0 aliphatic carbocycles. The van der Waals surface area contributed by atoms with Crippen molar-refractivity contribution in [1.82, 2.24) is 10.6 Å². The number of urea groups is 1. The van der Waals surface area contributed by atoms with Crippen LogP contribution in [0.2, 0.25) is 0 Å². The predicted octanol–water partition coefficient (Wildman–Crippen LogP) is 2.40. The van der Waals surface area contributed by atoms with Crippen molar-refractivity contribution in [2.75, 3.05) is 13.7 Å². The number of ether oxygens (including phenoxy) is 2. The summed E-state index contributed by atoms with van der Waals surface area (Å²) >= 11 is 0. The summed E-state index contributed by atoms with van der Waals surface area (Å²) in [6, 6.07) is 14.2. The molecule has 8 nitrogen and oxygen atoms in total. The van der Waals surface area contributed by atoms with Crippen LogP contribution < -0.4 is 15.4 Å². The fourth-order valence-corrected chi connectivity index (χ4v) is 2.37. The number of ketones is 1. The van der Waals surface area contributed by atoms with Crippen LogP contribution in [0.5, 0.6) is 5.75 Å². The van der Waals surface area contributed by atoms with Crippen LogP contribution in [0.15, 0.2) is 54.6 Å². The lowest BCUT2D eigenvalue weighted by Crippen LogP contribution is -2.41. The summed E-state index contributed by atoms with van der Waals surface area (Å²) < 4.78 is 10.7. The third kappa shape index (κ3) is 6.76. The van der Waals surface area contributed by atoms with E-state index in [0.717, 1.165) is 0 Å². The molecule has 0 aliphatic rings. The van der Waals surface area contributed by atoms with Gasteiger partial charge in [0.1, 0.15) is 5.75 Å². The molecule has 0 aliphatic heterocycles. The minimum atomic E-state index is -1.27. The van der Waals surface area contributed by atoms with E-state index in [4.69, 9.17) is 9.47 Å². The Kier molecular flexibility index (Phi) is 7.90. The van der Waals surface area contributed by atoms with E-state index in [1.54, 1.807) is 54.6 Å². The summed E-state index contributed by atoms with van der Waals surface area (Å²) in [6.45, 7) is 1.49.